The molecule has 0 aromatic heterocycles. The fourth-order valence-corrected chi connectivity index (χ4v) is 1.58. The zero-order valence-corrected chi connectivity index (χ0v) is 7.23. The molecule has 0 aromatic carbocycles. The van der Waals surface area contributed by atoms with Gasteiger partial charge in [0.15, 0.2) is 0 Å². The fourth-order valence-electron chi connectivity index (χ4n) is 1.58. The van der Waals surface area contributed by atoms with Crippen molar-refractivity contribution in [3.63, 3.8) is 0 Å². The molecule has 1 saturated heterocycles. The van der Waals surface area contributed by atoms with E-state index >= 15 is 0 Å². The van der Waals surface area contributed by atoms with E-state index in [9.17, 15) is 9.90 Å². The summed E-state index contributed by atoms with van der Waals surface area (Å²) in [4.78, 5) is 11.9. The molecule has 4 nitrogen and oxygen atoms in total. The summed E-state index contributed by atoms with van der Waals surface area (Å²) in [6.07, 6.45) is 0.524. The number of aliphatic hydroxyl groups is 1. The van der Waals surface area contributed by atoms with E-state index in [1.165, 1.54) is 4.90 Å². The van der Waals surface area contributed by atoms with Crippen LogP contribution >= 0.6 is 0 Å². The lowest BCUT2D eigenvalue weighted by Gasteiger charge is -2.32. The van der Waals surface area contributed by atoms with E-state index in [0.29, 0.717) is 13.1 Å². The van der Waals surface area contributed by atoms with Crippen LogP contribution in [-0.2, 0) is 0 Å². The van der Waals surface area contributed by atoms with Gasteiger partial charge in [0.05, 0.1) is 6.10 Å². The molecule has 1 aliphatic heterocycles. The summed E-state index contributed by atoms with van der Waals surface area (Å²) in [5.74, 6) is 0.120. The summed E-state index contributed by atoms with van der Waals surface area (Å²) in [6, 6.07) is 0. The maximum Gasteiger partial charge on any atom is 0.407 e. The molecule has 70 valence electrons. The van der Waals surface area contributed by atoms with E-state index in [-0.39, 0.29) is 5.92 Å². The van der Waals surface area contributed by atoms with Gasteiger partial charge in [0.1, 0.15) is 0 Å². The monoisotopic (exact) mass is 173 g/mol. The average Bonchev–Trinajstić information content (AvgIpc) is 2.04. The molecule has 4 heteroatoms. The van der Waals surface area contributed by atoms with Crippen molar-refractivity contribution in [1.29, 1.82) is 0 Å². The second kappa shape index (κ2) is 3.76. The Morgan fingerprint density at radius 2 is 2.33 bits per heavy atom. The van der Waals surface area contributed by atoms with Crippen LogP contribution in [0.1, 0.15) is 19.8 Å². The number of likely N-dealkylation sites (tertiary alicyclic amines) is 1. The summed E-state index contributed by atoms with van der Waals surface area (Å²) < 4.78 is 0. The molecule has 1 aliphatic rings. The van der Waals surface area contributed by atoms with Gasteiger partial charge >= 0.3 is 6.09 Å². The molecule has 2 N–H and O–H groups in total. The smallest absolute Gasteiger partial charge is 0.407 e. The maximum atomic E-state index is 10.6. The van der Waals surface area contributed by atoms with Gasteiger partial charge < -0.3 is 15.1 Å². The van der Waals surface area contributed by atoms with Crippen molar-refractivity contribution in [2.75, 3.05) is 13.1 Å². The molecule has 2 atom stereocenters. The predicted octanol–water partition coefficient (Wildman–Crippen LogP) is 0.757. The molecule has 0 unspecified atom stereocenters. The van der Waals surface area contributed by atoms with Crippen molar-refractivity contribution in [2.45, 2.75) is 25.9 Å². The Morgan fingerprint density at radius 1 is 1.67 bits per heavy atom. The molecule has 0 bridgehead atoms. The number of rotatable bonds is 1. The summed E-state index contributed by atoms with van der Waals surface area (Å²) >= 11 is 0. The van der Waals surface area contributed by atoms with E-state index in [1.54, 1.807) is 6.92 Å². The fraction of sp³-hybridized carbons (Fsp3) is 0.875. The molecular weight excluding hydrogens is 158 g/mol. The number of carboxylic acid groups (broad SMARTS) is 1. The van der Waals surface area contributed by atoms with Crippen molar-refractivity contribution < 1.29 is 15.0 Å². The van der Waals surface area contributed by atoms with Gasteiger partial charge in [-0.3, -0.25) is 0 Å². The Bertz CT molecular complexity index is 170. The third kappa shape index (κ3) is 2.11. The third-order valence-electron chi connectivity index (χ3n) is 2.41. The zero-order chi connectivity index (χ0) is 9.14. The first-order valence-corrected chi connectivity index (χ1v) is 4.27. The molecule has 1 fully saturated rings. The number of hydrogen-bond donors (Lipinski definition) is 2. The Labute approximate surface area is 71.8 Å². The van der Waals surface area contributed by atoms with Crippen molar-refractivity contribution >= 4 is 6.09 Å². The molecule has 0 radical (unpaired) electrons. The predicted molar refractivity (Wildman–Crippen MR) is 44.0 cm³/mol. The van der Waals surface area contributed by atoms with Crippen LogP contribution in [0.25, 0.3) is 0 Å². The molecule has 1 heterocycles. The normalized spacial score (nSPS) is 26.8. The van der Waals surface area contributed by atoms with Crippen LogP contribution in [0.3, 0.4) is 0 Å². The lowest BCUT2D eigenvalue weighted by atomic mass is 9.94. The lowest BCUT2D eigenvalue weighted by molar-refractivity contribution is 0.0611. The Balaban J connectivity index is 2.46. The largest absolute Gasteiger partial charge is 0.465 e. The summed E-state index contributed by atoms with van der Waals surface area (Å²) in [5.41, 5.74) is 0. The van der Waals surface area contributed by atoms with Gasteiger partial charge in [0.25, 0.3) is 0 Å². The number of aliphatic hydroxyl groups excluding tert-OH is 1. The topological polar surface area (TPSA) is 60.8 Å². The quantitative estimate of drug-likeness (QED) is 0.615. The summed E-state index contributed by atoms with van der Waals surface area (Å²) in [5, 5.41) is 17.9. The maximum absolute atomic E-state index is 10.6. The standard InChI is InChI=1S/C8H15NO3/c1-6(10)7-3-2-4-9(5-7)8(11)12/h6-7,10H,2-5H2,1H3,(H,11,12)/t6-,7+/m0/s1. The minimum Gasteiger partial charge on any atom is -0.465 e. The van der Waals surface area contributed by atoms with Gasteiger partial charge in [0, 0.05) is 19.0 Å². The van der Waals surface area contributed by atoms with E-state index in [1.807, 2.05) is 0 Å². The second-order valence-corrected chi connectivity index (χ2v) is 3.37. The number of nitrogens with zero attached hydrogens (tertiary/aromatic N) is 1. The van der Waals surface area contributed by atoms with Gasteiger partial charge in [-0.25, -0.2) is 4.79 Å². The summed E-state index contributed by atoms with van der Waals surface area (Å²) in [6.45, 7) is 2.81. The average molecular weight is 173 g/mol. The molecular formula is C8H15NO3. The first-order valence-electron chi connectivity index (χ1n) is 4.27. The van der Waals surface area contributed by atoms with Crippen LogP contribution in [0.4, 0.5) is 4.79 Å². The minimum atomic E-state index is -0.875. The highest BCUT2D eigenvalue weighted by molar-refractivity contribution is 5.65. The van der Waals surface area contributed by atoms with E-state index in [2.05, 4.69) is 0 Å². The highest BCUT2D eigenvalue weighted by Crippen LogP contribution is 2.19. The molecule has 0 saturated carbocycles. The van der Waals surface area contributed by atoms with E-state index in [4.69, 9.17) is 5.11 Å². The van der Waals surface area contributed by atoms with Crippen LogP contribution in [-0.4, -0.2) is 40.4 Å². The molecule has 0 aromatic rings. The zero-order valence-electron chi connectivity index (χ0n) is 7.23. The van der Waals surface area contributed by atoms with Crippen molar-refractivity contribution in [2.24, 2.45) is 5.92 Å². The molecule has 12 heavy (non-hydrogen) atoms. The van der Waals surface area contributed by atoms with Gasteiger partial charge in [-0.05, 0) is 19.8 Å². The van der Waals surface area contributed by atoms with Gasteiger partial charge in [-0.1, -0.05) is 0 Å². The SMILES string of the molecule is C[C@H](O)[C@@H]1CCCN(C(=O)O)C1. The van der Waals surface area contributed by atoms with Crippen LogP contribution in [0.5, 0.6) is 0 Å². The Morgan fingerprint density at radius 3 is 2.83 bits per heavy atom. The van der Waals surface area contributed by atoms with Crippen molar-refractivity contribution in [3.8, 4) is 0 Å². The molecule has 1 amide bonds. The lowest BCUT2D eigenvalue weighted by Crippen LogP contribution is -2.42. The minimum absolute atomic E-state index is 0.120. The first-order chi connectivity index (χ1) is 5.61. The molecule has 1 rings (SSSR count). The van der Waals surface area contributed by atoms with Gasteiger partial charge in [-0.15, -0.1) is 0 Å². The highest BCUT2D eigenvalue weighted by atomic mass is 16.4. The highest BCUT2D eigenvalue weighted by Gasteiger charge is 2.25. The number of piperidine rings is 1. The third-order valence-corrected chi connectivity index (χ3v) is 2.41. The molecule has 0 spiro atoms. The van der Waals surface area contributed by atoms with Crippen LogP contribution < -0.4 is 0 Å². The van der Waals surface area contributed by atoms with E-state index < -0.39 is 12.2 Å². The molecule has 0 aliphatic carbocycles. The van der Waals surface area contributed by atoms with Crippen LogP contribution in [0.15, 0.2) is 0 Å². The second-order valence-electron chi connectivity index (χ2n) is 3.37. The first kappa shape index (κ1) is 9.32. The van der Waals surface area contributed by atoms with Crippen LogP contribution in [0.2, 0.25) is 0 Å². The Kier molecular flexibility index (Phi) is 2.92. The summed E-state index contributed by atoms with van der Waals surface area (Å²) in [7, 11) is 0. The Hall–Kier alpha value is -0.770. The van der Waals surface area contributed by atoms with Gasteiger partial charge in [0.2, 0.25) is 0 Å². The van der Waals surface area contributed by atoms with Crippen molar-refractivity contribution in [3.05, 3.63) is 0 Å². The van der Waals surface area contributed by atoms with Crippen LogP contribution in [0, 0.1) is 5.92 Å². The van der Waals surface area contributed by atoms with E-state index in [0.717, 1.165) is 12.8 Å². The van der Waals surface area contributed by atoms with Crippen molar-refractivity contribution in [1.82, 2.24) is 4.90 Å². The number of carbonyl (C=O) groups is 1. The number of amides is 1. The number of hydrogen-bond acceptors (Lipinski definition) is 2. The van der Waals surface area contributed by atoms with Gasteiger partial charge in [-0.2, -0.15) is 0 Å².